The largest absolute Gasteiger partial charge is 0.371 e. The van der Waals surface area contributed by atoms with Gasteiger partial charge in [-0.05, 0) is 24.8 Å². The molecule has 0 bridgehead atoms. The average Bonchev–Trinajstić information content (AvgIpc) is 2.43. The second-order valence-corrected chi connectivity index (χ2v) is 7.76. The Morgan fingerprint density at radius 2 is 2.14 bits per heavy atom. The number of aromatic nitrogens is 2. The van der Waals surface area contributed by atoms with Gasteiger partial charge in [0.05, 0.1) is 26.0 Å². The molecule has 0 aliphatic carbocycles. The molecule has 0 radical (unpaired) electrons. The van der Waals surface area contributed by atoms with E-state index in [1.165, 1.54) is 6.26 Å². The molecule has 1 atom stereocenters. The molecule has 0 aromatic carbocycles. The van der Waals surface area contributed by atoms with Gasteiger partial charge in [0.25, 0.3) is 0 Å². The van der Waals surface area contributed by atoms with Crippen LogP contribution in [0.5, 0.6) is 0 Å². The fourth-order valence-corrected chi connectivity index (χ4v) is 3.38. The summed E-state index contributed by atoms with van der Waals surface area (Å²) < 4.78 is 30.7. The summed E-state index contributed by atoms with van der Waals surface area (Å²) in [6.45, 7) is 2.68. The van der Waals surface area contributed by atoms with Gasteiger partial charge in [-0.1, -0.05) is 0 Å². The van der Waals surface area contributed by atoms with Crippen molar-refractivity contribution < 1.29 is 13.2 Å². The van der Waals surface area contributed by atoms with Crippen LogP contribution in [0.4, 0.5) is 5.95 Å². The summed E-state index contributed by atoms with van der Waals surface area (Å²) in [6, 6.07) is 1.80. The molecule has 2 fully saturated rings. The summed E-state index contributed by atoms with van der Waals surface area (Å²) in [5.74, 6) is 1.000. The normalized spacial score (nSPS) is 24.8. The second-order valence-electron chi connectivity index (χ2n) is 5.92. The van der Waals surface area contributed by atoms with Gasteiger partial charge in [0.2, 0.25) is 16.0 Å². The van der Waals surface area contributed by atoms with E-state index in [-0.39, 0.29) is 11.5 Å². The summed E-state index contributed by atoms with van der Waals surface area (Å²) in [5.41, 5.74) is -0.0964. The van der Waals surface area contributed by atoms with Gasteiger partial charge in [0.15, 0.2) is 0 Å². The van der Waals surface area contributed by atoms with Crippen LogP contribution in [0.25, 0.3) is 0 Å². The molecule has 2 aliphatic rings. The van der Waals surface area contributed by atoms with Crippen LogP contribution >= 0.6 is 0 Å². The van der Waals surface area contributed by atoms with Gasteiger partial charge in [-0.2, -0.15) is 0 Å². The SMILES string of the molecule is CS(=O)(=O)NCC1CCC2(CN(c3ncccn3)C2)OC1. The van der Waals surface area contributed by atoms with Crippen LogP contribution in [0.3, 0.4) is 0 Å². The van der Waals surface area contributed by atoms with E-state index in [0.717, 1.165) is 31.9 Å². The molecule has 2 aliphatic heterocycles. The monoisotopic (exact) mass is 312 g/mol. The molecule has 3 heterocycles. The maximum absolute atomic E-state index is 11.1. The van der Waals surface area contributed by atoms with E-state index in [1.54, 1.807) is 18.5 Å². The van der Waals surface area contributed by atoms with E-state index in [1.807, 2.05) is 0 Å². The lowest BCUT2D eigenvalue weighted by atomic mass is 9.83. The molecule has 8 heteroatoms. The zero-order chi connectivity index (χ0) is 14.9. The van der Waals surface area contributed by atoms with E-state index >= 15 is 0 Å². The zero-order valence-electron chi connectivity index (χ0n) is 12.0. The number of hydrogen-bond donors (Lipinski definition) is 1. The molecule has 3 rings (SSSR count). The van der Waals surface area contributed by atoms with Crippen LogP contribution in [0.1, 0.15) is 12.8 Å². The molecule has 1 aromatic rings. The van der Waals surface area contributed by atoms with Gasteiger partial charge in [-0.25, -0.2) is 23.1 Å². The highest BCUT2D eigenvalue weighted by atomic mass is 32.2. The molecule has 1 N–H and O–H groups in total. The van der Waals surface area contributed by atoms with E-state index in [4.69, 9.17) is 4.74 Å². The van der Waals surface area contributed by atoms with Crippen molar-refractivity contribution in [2.75, 3.05) is 37.4 Å². The van der Waals surface area contributed by atoms with Crippen LogP contribution in [0.15, 0.2) is 18.5 Å². The van der Waals surface area contributed by atoms with Gasteiger partial charge in [-0.3, -0.25) is 0 Å². The Morgan fingerprint density at radius 1 is 1.43 bits per heavy atom. The fourth-order valence-electron chi connectivity index (χ4n) is 2.84. The van der Waals surface area contributed by atoms with Gasteiger partial charge in [0.1, 0.15) is 5.60 Å². The number of anilines is 1. The smallest absolute Gasteiger partial charge is 0.225 e. The van der Waals surface area contributed by atoms with Crippen molar-refractivity contribution in [2.45, 2.75) is 18.4 Å². The zero-order valence-corrected chi connectivity index (χ0v) is 12.8. The molecule has 0 amide bonds. The number of sulfonamides is 1. The molecular formula is C13H20N4O3S. The summed E-state index contributed by atoms with van der Waals surface area (Å²) in [5, 5.41) is 0. The first kappa shape index (κ1) is 14.7. The van der Waals surface area contributed by atoms with Gasteiger partial charge in [-0.15, -0.1) is 0 Å². The fraction of sp³-hybridized carbons (Fsp3) is 0.692. The highest BCUT2D eigenvalue weighted by Crippen LogP contribution is 2.37. The molecule has 0 saturated carbocycles. The topological polar surface area (TPSA) is 84.4 Å². The minimum atomic E-state index is -3.12. The molecule has 7 nitrogen and oxygen atoms in total. The Bertz CT molecular complexity index is 577. The maximum Gasteiger partial charge on any atom is 0.225 e. The quantitative estimate of drug-likeness (QED) is 0.843. The molecular weight excluding hydrogens is 292 g/mol. The Morgan fingerprint density at radius 3 is 2.71 bits per heavy atom. The molecule has 1 unspecified atom stereocenters. The van der Waals surface area contributed by atoms with Crippen molar-refractivity contribution in [1.29, 1.82) is 0 Å². The predicted octanol–water partition coefficient (Wildman–Crippen LogP) is 0.0112. The van der Waals surface area contributed by atoms with Crippen LogP contribution < -0.4 is 9.62 Å². The van der Waals surface area contributed by atoms with Gasteiger partial charge >= 0.3 is 0 Å². The Hall–Kier alpha value is -1.25. The van der Waals surface area contributed by atoms with Crippen molar-refractivity contribution in [2.24, 2.45) is 5.92 Å². The Balaban J connectivity index is 1.47. The first-order chi connectivity index (χ1) is 9.96. The van der Waals surface area contributed by atoms with Crippen molar-refractivity contribution in [1.82, 2.24) is 14.7 Å². The van der Waals surface area contributed by atoms with E-state index in [9.17, 15) is 8.42 Å². The standard InChI is InChI=1S/C13H20N4O3S/c1-21(18,19)16-7-11-3-4-13(20-8-11)9-17(10-13)12-14-5-2-6-15-12/h2,5-6,11,16H,3-4,7-10H2,1H3. The summed E-state index contributed by atoms with van der Waals surface area (Å²) in [4.78, 5) is 10.6. The minimum Gasteiger partial charge on any atom is -0.371 e. The lowest BCUT2D eigenvalue weighted by Crippen LogP contribution is -2.65. The third-order valence-corrected chi connectivity index (χ3v) is 4.75. The third kappa shape index (κ3) is 3.50. The number of ether oxygens (including phenoxy) is 1. The van der Waals surface area contributed by atoms with E-state index < -0.39 is 10.0 Å². The average molecular weight is 312 g/mol. The molecule has 21 heavy (non-hydrogen) atoms. The maximum atomic E-state index is 11.1. The molecule has 1 spiro atoms. The third-order valence-electron chi connectivity index (χ3n) is 4.06. The summed E-state index contributed by atoms with van der Waals surface area (Å²) in [7, 11) is -3.12. The molecule has 1 aromatic heterocycles. The lowest BCUT2D eigenvalue weighted by Gasteiger charge is -2.52. The lowest BCUT2D eigenvalue weighted by molar-refractivity contribution is -0.115. The number of rotatable bonds is 4. The minimum absolute atomic E-state index is 0.0964. The molecule has 116 valence electrons. The van der Waals surface area contributed by atoms with Crippen LogP contribution in [0.2, 0.25) is 0 Å². The van der Waals surface area contributed by atoms with Gasteiger partial charge < -0.3 is 9.64 Å². The molecule has 2 saturated heterocycles. The highest BCUT2D eigenvalue weighted by molar-refractivity contribution is 7.88. The Labute approximate surface area is 124 Å². The van der Waals surface area contributed by atoms with Crippen LogP contribution in [0, 0.1) is 5.92 Å². The van der Waals surface area contributed by atoms with Crippen LogP contribution in [-0.2, 0) is 14.8 Å². The summed E-state index contributed by atoms with van der Waals surface area (Å²) >= 11 is 0. The van der Waals surface area contributed by atoms with Crippen molar-refractivity contribution in [3.05, 3.63) is 18.5 Å². The van der Waals surface area contributed by atoms with E-state index in [0.29, 0.717) is 13.2 Å². The number of nitrogens with zero attached hydrogens (tertiary/aromatic N) is 3. The van der Waals surface area contributed by atoms with Gasteiger partial charge in [0, 0.05) is 18.9 Å². The summed E-state index contributed by atoms with van der Waals surface area (Å²) in [6.07, 6.45) is 6.59. The number of nitrogens with one attached hydrogen (secondary N) is 1. The number of hydrogen-bond acceptors (Lipinski definition) is 6. The first-order valence-corrected chi connectivity index (χ1v) is 8.96. The van der Waals surface area contributed by atoms with Crippen molar-refractivity contribution in [3.8, 4) is 0 Å². The van der Waals surface area contributed by atoms with Crippen molar-refractivity contribution in [3.63, 3.8) is 0 Å². The first-order valence-electron chi connectivity index (χ1n) is 7.06. The second kappa shape index (κ2) is 5.51. The van der Waals surface area contributed by atoms with E-state index in [2.05, 4.69) is 19.6 Å². The predicted molar refractivity (Wildman–Crippen MR) is 78.5 cm³/mol. The van der Waals surface area contributed by atoms with Crippen LogP contribution in [-0.4, -0.2) is 56.5 Å². The van der Waals surface area contributed by atoms with Crippen molar-refractivity contribution >= 4 is 16.0 Å². The highest BCUT2D eigenvalue weighted by Gasteiger charge is 2.47. The Kier molecular flexibility index (Phi) is 3.85.